The normalized spacial score (nSPS) is 10.6. The second kappa shape index (κ2) is 10.5. The van der Waals surface area contributed by atoms with Gasteiger partial charge in [0.1, 0.15) is 11.6 Å². The molecule has 6 heteroatoms. The molecule has 0 unspecified atom stereocenters. The summed E-state index contributed by atoms with van der Waals surface area (Å²) in [6, 6.07) is 5.95. The molecule has 3 N–H and O–H groups in total. The molecule has 0 spiro atoms. The van der Waals surface area contributed by atoms with Crippen LogP contribution in [0.3, 0.4) is 0 Å². The minimum absolute atomic E-state index is 0. The van der Waals surface area contributed by atoms with E-state index in [0.29, 0.717) is 31.4 Å². The summed E-state index contributed by atoms with van der Waals surface area (Å²) in [5.74, 6) is 0.797. The van der Waals surface area contributed by atoms with Crippen LogP contribution in [0.5, 0.6) is 5.75 Å². The summed E-state index contributed by atoms with van der Waals surface area (Å²) in [7, 11) is 0. The van der Waals surface area contributed by atoms with Crippen LogP contribution >= 0.6 is 24.0 Å². The fourth-order valence-electron chi connectivity index (χ4n) is 1.29. The highest BCUT2D eigenvalue weighted by Crippen LogP contribution is 2.10. The van der Waals surface area contributed by atoms with Crippen molar-refractivity contribution in [2.75, 3.05) is 19.7 Å². The van der Waals surface area contributed by atoms with Crippen molar-refractivity contribution in [1.29, 1.82) is 0 Å². The van der Waals surface area contributed by atoms with Crippen LogP contribution < -0.4 is 15.8 Å². The Hall–Kier alpha value is -1.31. The molecule has 0 aromatic heterocycles. The highest BCUT2D eigenvalue weighted by Gasteiger charge is 1.95. The van der Waals surface area contributed by atoms with Gasteiger partial charge < -0.3 is 15.8 Å². The van der Waals surface area contributed by atoms with E-state index in [4.69, 9.17) is 10.5 Å². The Morgan fingerprint density at radius 2 is 2.05 bits per heavy atom. The van der Waals surface area contributed by atoms with E-state index >= 15 is 0 Å². The van der Waals surface area contributed by atoms with Gasteiger partial charge in [-0.25, -0.2) is 9.38 Å². The number of benzene rings is 1. The van der Waals surface area contributed by atoms with Gasteiger partial charge in [-0.05, 0) is 37.6 Å². The summed E-state index contributed by atoms with van der Waals surface area (Å²) in [4.78, 5) is 4.09. The van der Waals surface area contributed by atoms with Gasteiger partial charge in [0.15, 0.2) is 5.96 Å². The zero-order valence-corrected chi connectivity index (χ0v) is 13.9. The van der Waals surface area contributed by atoms with Crippen molar-refractivity contribution in [3.63, 3.8) is 0 Å². The molecule has 0 atom stereocenters. The fourth-order valence-corrected chi connectivity index (χ4v) is 1.29. The standard InChI is InChI=1S/C14H20FN3O.HI/c1-11(2)10-18-14(16)17-8-3-9-19-13-6-4-12(15)5-7-13;/h4-7H,1,3,8-10H2,2H3,(H3,16,17,18);1H. The third-order valence-corrected chi connectivity index (χ3v) is 2.23. The average molecular weight is 393 g/mol. The van der Waals surface area contributed by atoms with Gasteiger partial charge >= 0.3 is 0 Å². The first-order chi connectivity index (χ1) is 9.08. The lowest BCUT2D eigenvalue weighted by molar-refractivity contribution is 0.311. The molecule has 0 radical (unpaired) electrons. The van der Waals surface area contributed by atoms with Crippen molar-refractivity contribution in [2.45, 2.75) is 13.3 Å². The molecule has 0 amide bonds. The van der Waals surface area contributed by atoms with Crippen molar-refractivity contribution in [3.8, 4) is 5.75 Å². The van der Waals surface area contributed by atoms with Crippen LogP contribution in [0, 0.1) is 5.82 Å². The Kier molecular flexibility index (Phi) is 9.79. The van der Waals surface area contributed by atoms with Gasteiger partial charge in [0, 0.05) is 6.54 Å². The van der Waals surface area contributed by atoms with Crippen molar-refractivity contribution in [2.24, 2.45) is 10.7 Å². The molecule has 0 aliphatic carbocycles. The molecule has 0 fully saturated rings. The summed E-state index contributed by atoms with van der Waals surface area (Å²) in [6.07, 6.45) is 0.778. The highest BCUT2D eigenvalue weighted by molar-refractivity contribution is 14.0. The SMILES string of the molecule is C=C(C)CN=C(N)NCCCOc1ccc(F)cc1.I. The van der Waals surface area contributed by atoms with E-state index in [0.717, 1.165) is 12.0 Å². The van der Waals surface area contributed by atoms with Gasteiger partial charge in [-0.3, -0.25) is 0 Å². The Morgan fingerprint density at radius 3 is 2.65 bits per heavy atom. The second-order valence-electron chi connectivity index (χ2n) is 4.24. The lowest BCUT2D eigenvalue weighted by Crippen LogP contribution is -2.33. The summed E-state index contributed by atoms with van der Waals surface area (Å²) in [6.45, 7) is 7.38. The molecule has 112 valence electrons. The van der Waals surface area contributed by atoms with Gasteiger partial charge in [0.25, 0.3) is 0 Å². The van der Waals surface area contributed by atoms with Gasteiger partial charge in [0.2, 0.25) is 0 Å². The molecule has 0 saturated heterocycles. The summed E-state index contributed by atoms with van der Waals surface area (Å²) in [5, 5.41) is 2.98. The predicted octanol–water partition coefficient (Wildman–Crippen LogP) is 2.69. The molecule has 0 aliphatic heterocycles. The first kappa shape index (κ1) is 18.7. The minimum Gasteiger partial charge on any atom is -0.494 e. The number of nitrogens with one attached hydrogen (secondary N) is 1. The molecule has 20 heavy (non-hydrogen) atoms. The first-order valence-corrected chi connectivity index (χ1v) is 6.14. The maximum atomic E-state index is 12.6. The Bertz CT molecular complexity index is 435. The van der Waals surface area contributed by atoms with E-state index < -0.39 is 0 Å². The molecule has 1 aromatic rings. The zero-order chi connectivity index (χ0) is 14.1. The predicted molar refractivity (Wildman–Crippen MR) is 91.2 cm³/mol. The molecule has 0 saturated carbocycles. The molecular formula is C14H21FIN3O. The number of hydrogen-bond donors (Lipinski definition) is 2. The monoisotopic (exact) mass is 393 g/mol. The highest BCUT2D eigenvalue weighted by atomic mass is 127. The number of hydrogen-bond acceptors (Lipinski definition) is 2. The number of ether oxygens (including phenoxy) is 1. The average Bonchev–Trinajstić information content (AvgIpc) is 2.38. The zero-order valence-electron chi connectivity index (χ0n) is 11.6. The quantitative estimate of drug-likeness (QED) is 0.246. The van der Waals surface area contributed by atoms with Crippen LogP contribution in [0.4, 0.5) is 4.39 Å². The second-order valence-corrected chi connectivity index (χ2v) is 4.24. The maximum absolute atomic E-state index is 12.6. The van der Waals surface area contributed by atoms with E-state index in [1.807, 2.05) is 6.92 Å². The van der Waals surface area contributed by atoms with E-state index in [-0.39, 0.29) is 29.8 Å². The van der Waals surface area contributed by atoms with Crippen LogP contribution in [0.25, 0.3) is 0 Å². The van der Waals surface area contributed by atoms with E-state index in [9.17, 15) is 4.39 Å². The molecule has 0 bridgehead atoms. The first-order valence-electron chi connectivity index (χ1n) is 6.14. The van der Waals surface area contributed by atoms with Gasteiger partial charge in [-0.1, -0.05) is 12.2 Å². The molecule has 1 rings (SSSR count). The van der Waals surface area contributed by atoms with Crippen LogP contribution in [0.1, 0.15) is 13.3 Å². The Balaban J connectivity index is 0.00000361. The van der Waals surface area contributed by atoms with E-state index in [2.05, 4.69) is 16.9 Å². The van der Waals surface area contributed by atoms with Crippen molar-refractivity contribution >= 4 is 29.9 Å². The fraction of sp³-hybridized carbons (Fsp3) is 0.357. The third-order valence-electron chi connectivity index (χ3n) is 2.23. The number of nitrogens with two attached hydrogens (primary N) is 1. The largest absolute Gasteiger partial charge is 0.494 e. The maximum Gasteiger partial charge on any atom is 0.188 e. The number of rotatable bonds is 7. The van der Waals surface area contributed by atoms with Gasteiger partial charge in [-0.15, -0.1) is 24.0 Å². The summed E-state index contributed by atoms with van der Waals surface area (Å²) < 4.78 is 18.1. The molecule has 4 nitrogen and oxygen atoms in total. The van der Waals surface area contributed by atoms with Gasteiger partial charge in [-0.2, -0.15) is 0 Å². The number of guanidine groups is 1. The lowest BCUT2D eigenvalue weighted by atomic mass is 10.3. The lowest BCUT2D eigenvalue weighted by Gasteiger charge is -2.07. The van der Waals surface area contributed by atoms with Crippen LogP contribution in [0.15, 0.2) is 41.4 Å². The molecule has 0 aliphatic rings. The Morgan fingerprint density at radius 1 is 1.40 bits per heavy atom. The third kappa shape index (κ3) is 8.73. The minimum atomic E-state index is -0.268. The van der Waals surface area contributed by atoms with Crippen molar-refractivity contribution in [1.82, 2.24) is 5.32 Å². The van der Waals surface area contributed by atoms with Crippen molar-refractivity contribution < 1.29 is 9.13 Å². The molecular weight excluding hydrogens is 372 g/mol. The van der Waals surface area contributed by atoms with E-state index in [1.54, 1.807) is 12.1 Å². The van der Waals surface area contributed by atoms with E-state index in [1.165, 1.54) is 12.1 Å². The van der Waals surface area contributed by atoms with Crippen molar-refractivity contribution in [3.05, 3.63) is 42.2 Å². The number of aliphatic imine (C=N–C) groups is 1. The number of halogens is 2. The van der Waals surface area contributed by atoms with Crippen LogP contribution in [0.2, 0.25) is 0 Å². The van der Waals surface area contributed by atoms with Crippen LogP contribution in [-0.4, -0.2) is 25.7 Å². The topological polar surface area (TPSA) is 59.6 Å². The van der Waals surface area contributed by atoms with Gasteiger partial charge in [0.05, 0.1) is 13.2 Å². The number of nitrogens with zero attached hydrogens (tertiary/aromatic N) is 1. The summed E-state index contributed by atoms with van der Waals surface area (Å²) >= 11 is 0. The summed E-state index contributed by atoms with van der Waals surface area (Å²) in [5.41, 5.74) is 6.61. The smallest absolute Gasteiger partial charge is 0.188 e. The van der Waals surface area contributed by atoms with Crippen LogP contribution in [-0.2, 0) is 0 Å². The molecule has 1 aromatic carbocycles. The Labute approximate surface area is 136 Å². The molecule has 0 heterocycles.